The number of benzene rings is 1. The molecule has 2 rings (SSSR count). The van der Waals surface area contributed by atoms with E-state index in [1.165, 1.54) is 14.2 Å². The maximum absolute atomic E-state index is 12.5. The van der Waals surface area contributed by atoms with Crippen molar-refractivity contribution in [3.8, 4) is 11.5 Å². The first-order valence-corrected chi connectivity index (χ1v) is 7.81. The van der Waals surface area contributed by atoms with Crippen molar-refractivity contribution in [1.82, 2.24) is 0 Å². The Hall–Kier alpha value is -1.95. The largest absolute Gasteiger partial charge is 0.495 e. The van der Waals surface area contributed by atoms with E-state index in [1.54, 1.807) is 12.1 Å². The van der Waals surface area contributed by atoms with Gasteiger partial charge in [-0.2, -0.15) is 0 Å². The van der Waals surface area contributed by atoms with Gasteiger partial charge in [0, 0.05) is 12.1 Å². The summed E-state index contributed by atoms with van der Waals surface area (Å²) < 4.78 is 10.4. The predicted molar refractivity (Wildman–Crippen MR) is 86.3 cm³/mol. The van der Waals surface area contributed by atoms with E-state index in [9.17, 15) is 14.7 Å². The third-order valence-corrected chi connectivity index (χ3v) is 4.45. The predicted octanol–water partition coefficient (Wildman–Crippen LogP) is 3.19. The van der Waals surface area contributed by atoms with Crippen molar-refractivity contribution in [3.05, 3.63) is 17.2 Å². The zero-order valence-electron chi connectivity index (χ0n) is 13.1. The van der Waals surface area contributed by atoms with Gasteiger partial charge in [-0.1, -0.05) is 24.4 Å². The average Bonchev–Trinajstić information content (AvgIpc) is 2.55. The topological polar surface area (TPSA) is 84.9 Å². The van der Waals surface area contributed by atoms with Crippen LogP contribution in [0.1, 0.15) is 25.7 Å². The second kappa shape index (κ2) is 7.55. The number of carboxylic acid groups (broad SMARTS) is 1. The zero-order chi connectivity index (χ0) is 17.0. The second-order valence-electron chi connectivity index (χ2n) is 5.51. The molecule has 1 aliphatic rings. The molecule has 1 fully saturated rings. The molecule has 1 aliphatic carbocycles. The van der Waals surface area contributed by atoms with Crippen LogP contribution >= 0.6 is 11.6 Å². The Balaban J connectivity index is 2.23. The Bertz CT molecular complexity index is 604. The fourth-order valence-electron chi connectivity index (χ4n) is 2.92. The molecule has 1 aromatic rings. The molecule has 7 heteroatoms. The van der Waals surface area contributed by atoms with Crippen LogP contribution in [0.5, 0.6) is 11.5 Å². The number of aliphatic carboxylic acids is 1. The molecular weight excluding hydrogens is 322 g/mol. The van der Waals surface area contributed by atoms with Crippen LogP contribution in [0, 0.1) is 11.8 Å². The molecule has 0 aromatic heterocycles. The van der Waals surface area contributed by atoms with Crippen LogP contribution in [0.2, 0.25) is 5.02 Å². The summed E-state index contributed by atoms with van der Waals surface area (Å²) in [5, 5.41) is 12.4. The highest BCUT2D eigenvalue weighted by atomic mass is 35.5. The van der Waals surface area contributed by atoms with E-state index < -0.39 is 17.8 Å². The van der Waals surface area contributed by atoms with Crippen molar-refractivity contribution < 1.29 is 24.2 Å². The molecule has 2 N–H and O–H groups in total. The maximum Gasteiger partial charge on any atom is 0.307 e. The van der Waals surface area contributed by atoms with Gasteiger partial charge in [-0.15, -0.1) is 0 Å². The first-order valence-electron chi connectivity index (χ1n) is 7.43. The molecule has 6 nitrogen and oxygen atoms in total. The van der Waals surface area contributed by atoms with E-state index in [1.807, 2.05) is 0 Å². The van der Waals surface area contributed by atoms with E-state index >= 15 is 0 Å². The van der Waals surface area contributed by atoms with E-state index in [-0.39, 0.29) is 5.91 Å². The molecule has 2 atom stereocenters. The molecule has 1 saturated carbocycles. The highest BCUT2D eigenvalue weighted by Gasteiger charge is 2.36. The number of halogens is 1. The summed E-state index contributed by atoms with van der Waals surface area (Å²) in [7, 11) is 2.94. The lowest BCUT2D eigenvalue weighted by atomic mass is 9.78. The molecule has 0 saturated heterocycles. The fraction of sp³-hybridized carbons (Fsp3) is 0.500. The summed E-state index contributed by atoms with van der Waals surface area (Å²) in [5.41, 5.74) is 0.411. The van der Waals surface area contributed by atoms with Crippen LogP contribution < -0.4 is 14.8 Å². The van der Waals surface area contributed by atoms with Crippen molar-refractivity contribution >= 4 is 29.2 Å². The number of nitrogens with one attached hydrogen (secondary N) is 1. The summed E-state index contributed by atoms with van der Waals surface area (Å²) in [6, 6.07) is 3.11. The van der Waals surface area contributed by atoms with Crippen molar-refractivity contribution in [2.24, 2.45) is 11.8 Å². The molecule has 0 radical (unpaired) electrons. The van der Waals surface area contributed by atoms with Gasteiger partial charge in [-0.05, 0) is 12.8 Å². The van der Waals surface area contributed by atoms with Gasteiger partial charge in [0.15, 0.2) is 0 Å². The number of methoxy groups -OCH3 is 2. The van der Waals surface area contributed by atoms with Crippen molar-refractivity contribution in [3.63, 3.8) is 0 Å². The van der Waals surface area contributed by atoms with Crippen molar-refractivity contribution in [2.75, 3.05) is 19.5 Å². The molecule has 126 valence electrons. The average molecular weight is 342 g/mol. The Morgan fingerprint density at radius 2 is 1.74 bits per heavy atom. The van der Waals surface area contributed by atoms with Gasteiger partial charge in [0.05, 0.1) is 36.8 Å². The molecule has 23 heavy (non-hydrogen) atoms. The highest BCUT2D eigenvalue weighted by Crippen LogP contribution is 2.37. The zero-order valence-corrected chi connectivity index (χ0v) is 13.9. The lowest BCUT2D eigenvalue weighted by Crippen LogP contribution is -2.36. The quantitative estimate of drug-likeness (QED) is 0.859. The highest BCUT2D eigenvalue weighted by molar-refractivity contribution is 6.32. The molecule has 1 amide bonds. The van der Waals surface area contributed by atoms with Gasteiger partial charge in [0.1, 0.15) is 11.5 Å². The number of rotatable bonds is 5. The molecular formula is C16H20ClNO5. The van der Waals surface area contributed by atoms with Gasteiger partial charge in [0.25, 0.3) is 0 Å². The van der Waals surface area contributed by atoms with Crippen LogP contribution in [0.4, 0.5) is 5.69 Å². The third kappa shape index (κ3) is 3.88. The molecule has 0 spiro atoms. The lowest BCUT2D eigenvalue weighted by molar-refractivity contribution is -0.147. The number of hydrogen-bond donors (Lipinski definition) is 2. The van der Waals surface area contributed by atoms with Crippen LogP contribution in [-0.2, 0) is 9.59 Å². The lowest BCUT2D eigenvalue weighted by Gasteiger charge is -2.27. The van der Waals surface area contributed by atoms with Gasteiger partial charge in [-0.25, -0.2) is 0 Å². The molecule has 0 heterocycles. The van der Waals surface area contributed by atoms with Crippen molar-refractivity contribution in [1.29, 1.82) is 0 Å². The smallest absolute Gasteiger partial charge is 0.307 e. The molecule has 0 bridgehead atoms. The van der Waals surface area contributed by atoms with Crippen molar-refractivity contribution in [2.45, 2.75) is 25.7 Å². The summed E-state index contributed by atoms with van der Waals surface area (Å²) in [6.45, 7) is 0. The Morgan fingerprint density at radius 1 is 1.13 bits per heavy atom. The van der Waals surface area contributed by atoms with E-state index in [0.29, 0.717) is 35.1 Å². The second-order valence-corrected chi connectivity index (χ2v) is 5.92. The van der Waals surface area contributed by atoms with E-state index in [4.69, 9.17) is 21.1 Å². The number of amides is 1. The fourth-order valence-corrected chi connectivity index (χ4v) is 3.15. The summed E-state index contributed by atoms with van der Waals surface area (Å²) in [5.74, 6) is -1.64. The number of carbonyl (C=O) groups is 2. The molecule has 0 aliphatic heterocycles. The summed E-state index contributed by atoms with van der Waals surface area (Å²) in [6.07, 6.45) is 2.77. The van der Waals surface area contributed by atoms with E-state index in [0.717, 1.165) is 12.8 Å². The van der Waals surface area contributed by atoms with Gasteiger partial charge < -0.3 is 19.9 Å². The SMILES string of the molecule is COc1cc(NC(=O)[C@@H]2CCCC[C@@H]2C(=O)O)c(OC)cc1Cl. The van der Waals surface area contributed by atoms with E-state index in [2.05, 4.69) is 5.32 Å². The minimum atomic E-state index is -0.925. The van der Waals surface area contributed by atoms with Gasteiger partial charge in [0.2, 0.25) is 5.91 Å². The number of ether oxygens (including phenoxy) is 2. The summed E-state index contributed by atoms with van der Waals surface area (Å²) >= 11 is 6.03. The third-order valence-electron chi connectivity index (χ3n) is 4.15. The van der Waals surface area contributed by atoms with Crippen LogP contribution in [0.25, 0.3) is 0 Å². The van der Waals surface area contributed by atoms with Crippen LogP contribution in [-0.4, -0.2) is 31.2 Å². The Kier molecular flexibility index (Phi) is 5.71. The number of hydrogen-bond acceptors (Lipinski definition) is 4. The first kappa shape index (κ1) is 17.4. The first-order chi connectivity index (χ1) is 11.0. The maximum atomic E-state index is 12.5. The van der Waals surface area contributed by atoms with Crippen LogP contribution in [0.15, 0.2) is 12.1 Å². The van der Waals surface area contributed by atoms with Gasteiger partial charge in [-0.3, -0.25) is 9.59 Å². The standard InChI is InChI=1S/C16H20ClNO5/c1-22-13-8-12(14(23-2)7-11(13)17)18-15(19)9-5-3-4-6-10(9)16(20)21/h7-10H,3-6H2,1-2H3,(H,18,19)(H,20,21)/t9-,10+/m1/s1. The number of anilines is 1. The monoisotopic (exact) mass is 341 g/mol. The Morgan fingerprint density at radius 3 is 2.30 bits per heavy atom. The summed E-state index contributed by atoms with van der Waals surface area (Å²) in [4.78, 5) is 23.9. The number of carbonyl (C=O) groups excluding carboxylic acids is 1. The Labute approximate surface area is 139 Å². The molecule has 1 aromatic carbocycles. The minimum Gasteiger partial charge on any atom is -0.495 e. The molecule has 0 unspecified atom stereocenters. The minimum absolute atomic E-state index is 0.320. The van der Waals surface area contributed by atoms with Crippen LogP contribution in [0.3, 0.4) is 0 Å². The normalized spacial score (nSPS) is 20.7. The number of carboxylic acids is 1. The van der Waals surface area contributed by atoms with Gasteiger partial charge >= 0.3 is 5.97 Å².